The van der Waals surface area contributed by atoms with E-state index in [1.54, 1.807) is 0 Å². The highest BCUT2D eigenvalue weighted by Gasteiger charge is 2.39. The molecule has 0 bridgehead atoms. The van der Waals surface area contributed by atoms with Crippen molar-refractivity contribution >= 4 is 5.84 Å². The fourth-order valence-electron chi connectivity index (χ4n) is 2.92. The van der Waals surface area contributed by atoms with Crippen molar-refractivity contribution in [3.63, 3.8) is 0 Å². The van der Waals surface area contributed by atoms with Gasteiger partial charge in [-0.25, -0.2) is 0 Å². The number of nitrogens with two attached hydrogens (primary N) is 1. The summed E-state index contributed by atoms with van der Waals surface area (Å²) in [6.07, 6.45) is 4.23. The van der Waals surface area contributed by atoms with Crippen LogP contribution in [-0.4, -0.2) is 42.1 Å². The molecule has 0 saturated heterocycles. The monoisotopic (exact) mass is 290 g/mol. The van der Waals surface area contributed by atoms with Crippen LogP contribution >= 0.6 is 0 Å². The molecule has 21 heavy (non-hydrogen) atoms. The topological polar surface area (TPSA) is 73.9 Å². The number of hydrogen-bond donors (Lipinski definition) is 3. The van der Waals surface area contributed by atoms with Crippen LogP contribution in [0.3, 0.4) is 0 Å². The third kappa shape index (κ3) is 3.74. The Balaban J connectivity index is 2.06. The molecule has 0 spiro atoms. The number of rotatable bonds is 7. The van der Waals surface area contributed by atoms with Gasteiger partial charge in [0, 0.05) is 24.5 Å². The molecule has 1 unspecified atom stereocenters. The second-order valence-electron chi connectivity index (χ2n) is 6.11. The highest BCUT2D eigenvalue weighted by Crippen LogP contribution is 2.36. The van der Waals surface area contributed by atoms with E-state index in [-0.39, 0.29) is 17.4 Å². The molecule has 5 nitrogen and oxygen atoms in total. The van der Waals surface area contributed by atoms with Gasteiger partial charge in [-0.2, -0.15) is 0 Å². The number of nitrogens with one attached hydrogen (secondary N) is 1. The molecule has 1 saturated carbocycles. The van der Waals surface area contributed by atoms with Gasteiger partial charge in [0.25, 0.3) is 0 Å². The Hall–Kier alpha value is -1.59. The summed E-state index contributed by atoms with van der Waals surface area (Å²) in [5.74, 6) is 0.254. The van der Waals surface area contributed by atoms with E-state index in [1.807, 2.05) is 18.2 Å². The molecule has 1 atom stereocenters. The Morgan fingerprint density at radius 1 is 1.38 bits per heavy atom. The van der Waals surface area contributed by atoms with Crippen molar-refractivity contribution in [3.05, 3.63) is 35.9 Å². The van der Waals surface area contributed by atoms with Gasteiger partial charge in [-0.05, 0) is 38.9 Å². The van der Waals surface area contributed by atoms with E-state index in [0.717, 1.165) is 12.1 Å². The minimum atomic E-state index is 0.0690. The number of amidine groups is 1. The van der Waals surface area contributed by atoms with Crippen LogP contribution in [0.4, 0.5) is 0 Å². The smallest absolute Gasteiger partial charge is 0.141 e. The van der Waals surface area contributed by atoms with Gasteiger partial charge in [0.1, 0.15) is 5.84 Å². The Kier molecular flexibility index (Phi) is 5.20. The second kappa shape index (κ2) is 6.91. The van der Waals surface area contributed by atoms with Gasteiger partial charge in [0.15, 0.2) is 0 Å². The van der Waals surface area contributed by atoms with Crippen LogP contribution in [0.1, 0.15) is 37.3 Å². The van der Waals surface area contributed by atoms with E-state index >= 15 is 0 Å². The Morgan fingerprint density at radius 3 is 2.52 bits per heavy atom. The molecule has 1 aliphatic carbocycles. The summed E-state index contributed by atoms with van der Waals surface area (Å²) in [7, 11) is 4.28. The third-order valence-electron chi connectivity index (χ3n) is 4.65. The molecular weight excluding hydrogens is 264 g/mol. The lowest BCUT2D eigenvalue weighted by atomic mass is 9.75. The molecule has 1 aromatic carbocycles. The molecule has 5 heteroatoms. The molecule has 1 aliphatic rings. The highest BCUT2D eigenvalue weighted by atomic mass is 16.4. The van der Waals surface area contributed by atoms with Crippen molar-refractivity contribution in [1.82, 2.24) is 10.2 Å². The lowest BCUT2D eigenvalue weighted by molar-refractivity contribution is 0.0572. The molecule has 1 aromatic rings. The number of likely N-dealkylation sites (N-methyl/N-ethyl adjacent to an activating group) is 1. The minimum absolute atomic E-state index is 0.0690. The maximum absolute atomic E-state index is 8.83. The summed E-state index contributed by atoms with van der Waals surface area (Å²) in [6.45, 7) is 0.915. The molecule has 2 rings (SSSR count). The average Bonchev–Trinajstić information content (AvgIpc) is 2.45. The predicted octanol–water partition coefficient (Wildman–Crippen LogP) is 1.94. The van der Waals surface area contributed by atoms with Gasteiger partial charge in [0.05, 0.1) is 0 Å². The first kappa shape index (κ1) is 15.8. The predicted molar refractivity (Wildman–Crippen MR) is 85.5 cm³/mol. The van der Waals surface area contributed by atoms with E-state index in [4.69, 9.17) is 10.9 Å². The highest BCUT2D eigenvalue weighted by molar-refractivity contribution is 5.80. The zero-order valence-corrected chi connectivity index (χ0v) is 12.9. The fourth-order valence-corrected chi connectivity index (χ4v) is 2.92. The Bertz CT molecular complexity index is 468. The lowest BCUT2D eigenvalue weighted by Crippen LogP contribution is -2.56. The SMILES string of the molecule is CN(C)C1(CNC(C/C(N)=N/O)c2ccccc2)CCC1. The van der Waals surface area contributed by atoms with Crippen molar-refractivity contribution in [2.45, 2.75) is 37.3 Å². The van der Waals surface area contributed by atoms with Crippen LogP contribution < -0.4 is 11.1 Å². The van der Waals surface area contributed by atoms with Crippen molar-refractivity contribution in [3.8, 4) is 0 Å². The maximum atomic E-state index is 8.83. The van der Waals surface area contributed by atoms with Crippen molar-refractivity contribution < 1.29 is 5.21 Å². The van der Waals surface area contributed by atoms with Crippen molar-refractivity contribution in [2.75, 3.05) is 20.6 Å². The molecule has 0 aliphatic heterocycles. The summed E-state index contributed by atoms with van der Waals surface area (Å²) in [6, 6.07) is 10.2. The summed E-state index contributed by atoms with van der Waals surface area (Å²) in [5.41, 5.74) is 7.12. The summed E-state index contributed by atoms with van der Waals surface area (Å²) >= 11 is 0. The van der Waals surface area contributed by atoms with Crippen LogP contribution in [-0.2, 0) is 0 Å². The summed E-state index contributed by atoms with van der Waals surface area (Å²) < 4.78 is 0. The largest absolute Gasteiger partial charge is 0.409 e. The van der Waals surface area contributed by atoms with Crippen LogP contribution in [0.15, 0.2) is 35.5 Å². The van der Waals surface area contributed by atoms with E-state index in [1.165, 1.54) is 19.3 Å². The van der Waals surface area contributed by atoms with Crippen molar-refractivity contribution in [2.24, 2.45) is 10.9 Å². The van der Waals surface area contributed by atoms with Crippen LogP contribution in [0, 0.1) is 0 Å². The first-order valence-corrected chi connectivity index (χ1v) is 7.49. The van der Waals surface area contributed by atoms with Gasteiger partial charge in [0.2, 0.25) is 0 Å². The molecule has 0 aromatic heterocycles. The van der Waals surface area contributed by atoms with Gasteiger partial charge >= 0.3 is 0 Å². The van der Waals surface area contributed by atoms with Gasteiger partial charge in [-0.3, -0.25) is 0 Å². The van der Waals surface area contributed by atoms with Gasteiger partial charge in [-0.15, -0.1) is 0 Å². The van der Waals surface area contributed by atoms with E-state index in [2.05, 4.69) is 41.6 Å². The molecule has 0 amide bonds. The molecule has 4 N–H and O–H groups in total. The zero-order chi connectivity index (χ0) is 15.3. The molecule has 0 radical (unpaired) electrons. The minimum Gasteiger partial charge on any atom is -0.409 e. The standard InChI is InChI=1S/C16H26N4O/c1-20(2)16(9-6-10-16)12-18-14(11-15(17)19-21)13-7-4-3-5-8-13/h3-5,7-8,14,18,21H,6,9-12H2,1-2H3,(H2,17,19). The van der Waals surface area contributed by atoms with E-state index in [0.29, 0.717) is 6.42 Å². The summed E-state index contributed by atoms with van der Waals surface area (Å²) in [4.78, 5) is 2.31. The average molecular weight is 290 g/mol. The number of oxime groups is 1. The molecule has 0 heterocycles. The van der Waals surface area contributed by atoms with Crippen LogP contribution in [0.2, 0.25) is 0 Å². The first-order chi connectivity index (χ1) is 10.1. The van der Waals surface area contributed by atoms with E-state index in [9.17, 15) is 0 Å². The normalized spacial score (nSPS) is 19.3. The molecular formula is C16H26N4O. The lowest BCUT2D eigenvalue weighted by Gasteiger charge is -2.48. The molecule has 116 valence electrons. The van der Waals surface area contributed by atoms with Crippen LogP contribution in [0.5, 0.6) is 0 Å². The first-order valence-electron chi connectivity index (χ1n) is 7.49. The van der Waals surface area contributed by atoms with E-state index < -0.39 is 0 Å². The Labute approximate surface area is 126 Å². The number of hydrogen-bond acceptors (Lipinski definition) is 4. The fraction of sp³-hybridized carbons (Fsp3) is 0.562. The summed E-state index contributed by atoms with van der Waals surface area (Å²) in [5, 5.41) is 15.6. The number of benzene rings is 1. The van der Waals surface area contributed by atoms with Gasteiger partial charge in [-0.1, -0.05) is 35.5 Å². The Morgan fingerprint density at radius 2 is 2.05 bits per heavy atom. The maximum Gasteiger partial charge on any atom is 0.141 e. The van der Waals surface area contributed by atoms with Crippen molar-refractivity contribution in [1.29, 1.82) is 0 Å². The molecule has 1 fully saturated rings. The number of nitrogens with zero attached hydrogens (tertiary/aromatic N) is 2. The quantitative estimate of drug-likeness (QED) is 0.310. The second-order valence-corrected chi connectivity index (χ2v) is 6.11. The van der Waals surface area contributed by atoms with Crippen LogP contribution in [0.25, 0.3) is 0 Å². The zero-order valence-electron chi connectivity index (χ0n) is 12.9. The third-order valence-corrected chi connectivity index (χ3v) is 4.65. The van der Waals surface area contributed by atoms with Gasteiger partial charge < -0.3 is 21.2 Å².